The van der Waals surface area contributed by atoms with Crippen LogP contribution >= 0.6 is 0 Å². The van der Waals surface area contributed by atoms with Crippen LogP contribution in [-0.4, -0.2) is 9.97 Å². The largest absolute Gasteiger partial charge is 0.449 e. The molecule has 0 saturated heterocycles. The molecule has 1 aliphatic carbocycles. The molecule has 4 heteroatoms. The van der Waals surface area contributed by atoms with Crippen molar-refractivity contribution in [2.45, 2.75) is 5.41 Å². The molecule has 0 radical (unpaired) electrons. The van der Waals surface area contributed by atoms with Gasteiger partial charge in [0.15, 0.2) is 28.8 Å². The van der Waals surface area contributed by atoms with Crippen LogP contribution < -0.4 is 9.47 Å². The van der Waals surface area contributed by atoms with Crippen molar-refractivity contribution in [1.29, 1.82) is 0 Å². The van der Waals surface area contributed by atoms with Gasteiger partial charge in [0.25, 0.3) is 0 Å². The first-order valence-electron chi connectivity index (χ1n) is 19.2. The Labute approximate surface area is 331 Å². The minimum Gasteiger partial charge on any atom is -0.449 e. The second kappa shape index (κ2) is 13.3. The predicted octanol–water partition coefficient (Wildman–Crippen LogP) is 13.4. The third-order valence-corrected chi connectivity index (χ3v) is 11.3. The number of ether oxygens (including phenoxy) is 2. The Kier molecular flexibility index (Phi) is 7.68. The fourth-order valence-electron chi connectivity index (χ4n) is 8.80. The molecule has 2 heterocycles. The topological polar surface area (TPSA) is 44.2 Å². The molecular weight excluding hydrogens is 697 g/mol. The molecule has 11 rings (SSSR count). The lowest BCUT2D eigenvalue weighted by molar-refractivity contribution is 0.361. The molecule has 4 nitrogen and oxygen atoms in total. The van der Waals surface area contributed by atoms with Crippen LogP contribution in [0.2, 0.25) is 0 Å². The van der Waals surface area contributed by atoms with Gasteiger partial charge < -0.3 is 9.47 Å². The molecule has 2 aliphatic rings. The van der Waals surface area contributed by atoms with Crippen molar-refractivity contribution >= 4 is 0 Å². The molecule has 8 aromatic carbocycles. The molecule has 0 atom stereocenters. The van der Waals surface area contributed by atoms with Crippen LogP contribution in [0.25, 0.3) is 56.2 Å². The molecule has 1 aliphatic heterocycles. The summed E-state index contributed by atoms with van der Waals surface area (Å²) in [5.74, 6) is 3.40. The molecular formula is C53H34N2O2. The monoisotopic (exact) mass is 730 g/mol. The van der Waals surface area contributed by atoms with Crippen molar-refractivity contribution in [2.24, 2.45) is 0 Å². The normalized spacial score (nSPS) is 13.0. The van der Waals surface area contributed by atoms with Crippen molar-refractivity contribution in [1.82, 2.24) is 9.97 Å². The van der Waals surface area contributed by atoms with Crippen LogP contribution in [0.5, 0.6) is 23.0 Å². The number of hydrogen-bond acceptors (Lipinski definition) is 4. The molecule has 0 fully saturated rings. The third-order valence-electron chi connectivity index (χ3n) is 11.3. The summed E-state index contributed by atoms with van der Waals surface area (Å²) >= 11 is 0. The summed E-state index contributed by atoms with van der Waals surface area (Å²) in [7, 11) is 0. The van der Waals surface area contributed by atoms with E-state index in [1.165, 1.54) is 16.7 Å². The predicted molar refractivity (Wildman–Crippen MR) is 228 cm³/mol. The van der Waals surface area contributed by atoms with Gasteiger partial charge in [-0.25, -0.2) is 9.97 Å². The molecule has 9 aromatic rings. The highest BCUT2D eigenvalue weighted by Crippen LogP contribution is 2.63. The van der Waals surface area contributed by atoms with Crippen LogP contribution in [0, 0.1) is 0 Å². The number of para-hydroxylation sites is 1. The summed E-state index contributed by atoms with van der Waals surface area (Å²) in [6.07, 6.45) is 0. The fraction of sp³-hybridized carbons (Fsp3) is 0.0189. The smallest absolute Gasteiger partial charge is 0.178 e. The number of aromatic nitrogens is 2. The number of benzene rings is 8. The van der Waals surface area contributed by atoms with Gasteiger partial charge in [0.05, 0.1) is 16.8 Å². The van der Waals surface area contributed by atoms with E-state index >= 15 is 0 Å². The van der Waals surface area contributed by atoms with Gasteiger partial charge in [-0.15, -0.1) is 0 Å². The summed E-state index contributed by atoms with van der Waals surface area (Å²) < 4.78 is 14.1. The fourth-order valence-corrected chi connectivity index (χ4v) is 8.80. The lowest BCUT2D eigenvalue weighted by atomic mass is 9.68. The lowest BCUT2D eigenvalue weighted by Gasteiger charge is -2.34. The van der Waals surface area contributed by atoms with Gasteiger partial charge in [0.2, 0.25) is 0 Å². The van der Waals surface area contributed by atoms with Crippen LogP contribution in [-0.2, 0) is 5.41 Å². The molecule has 0 unspecified atom stereocenters. The van der Waals surface area contributed by atoms with Crippen molar-refractivity contribution < 1.29 is 9.47 Å². The van der Waals surface area contributed by atoms with E-state index in [0.717, 1.165) is 55.9 Å². The second-order valence-electron chi connectivity index (χ2n) is 14.4. The molecule has 268 valence electrons. The van der Waals surface area contributed by atoms with Crippen LogP contribution in [0.1, 0.15) is 22.3 Å². The van der Waals surface area contributed by atoms with Gasteiger partial charge in [-0.05, 0) is 51.6 Å². The van der Waals surface area contributed by atoms with Gasteiger partial charge in [-0.3, -0.25) is 0 Å². The molecule has 1 aromatic heterocycles. The molecule has 0 N–H and O–H groups in total. The first-order valence-corrected chi connectivity index (χ1v) is 19.2. The summed E-state index contributed by atoms with van der Waals surface area (Å²) in [6, 6.07) is 71.7. The highest BCUT2D eigenvalue weighted by Gasteiger charge is 2.48. The summed E-state index contributed by atoms with van der Waals surface area (Å²) in [5, 5.41) is 0. The number of fused-ring (bicyclic) bond motifs is 6. The summed E-state index contributed by atoms with van der Waals surface area (Å²) in [6.45, 7) is 0. The van der Waals surface area contributed by atoms with E-state index in [1.807, 2.05) is 48.5 Å². The van der Waals surface area contributed by atoms with Crippen LogP contribution in [0.3, 0.4) is 0 Å². The first kappa shape index (κ1) is 32.8. The van der Waals surface area contributed by atoms with Crippen molar-refractivity contribution in [2.75, 3.05) is 0 Å². The van der Waals surface area contributed by atoms with Crippen LogP contribution in [0.4, 0.5) is 0 Å². The number of nitrogens with zero attached hydrogens (tertiary/aromatic N) is 2. The Morgan fingerprint density at radius 3 is 1.60 bits per heavy atom. The van der Waals surface area contributed by atoms with Crippen molar-refractivity contribution in [3.63, 3.8) is 0 Å². The Hall–Kier alpha value is -7.56. The maximum Gasteiger partial charge on any atom is 0.178 e. The van der Waals surface area contributed by atoms with Crippen LogP contribution in [0.15, 0.2) is 206 Å². The highest BCUT2D eigenvalue weighted by molar-refractivity contribution is 5.93. The van der Waals surface area contributed by atoms with Gasteiger partial charge in [0, 0.05) is 27.8 Å². The highest BCUT2D eigenvalue weighted by atomic mass is 16.6. The average molecular weight is 731 g/mol. The van der Waals surface area contributed by atoms with E-state index < -0.39 is 5.41 Å². The van der Waals surface area contributed by atoms with E-state index in [9.17, 15) is 0 Å². The van der Waals surface area contributed by atoms with Crippen molar-refractivity contribution in [3.05, 3.63) is 229 Å². The molecule has 0 spiro atoms. The third kappa shape index (κ3) is 5.22. The maximum atomic E-state index is 7.25. The lowest BCUT2D eigenvalue weighted by Crippen LogP contribution is -2.28. The number of rotatable bonds is 6. The summed E-state index contributed by atoms with van der Waals surface area (Å²) in [4.78, 5) is 10.2. The standard InChI is InChI=1S/C53H34N2O2/c1-5-18-35(19-6-1)45-34-46(55-52(54-45)36-20-7-2-8-21-36)40-27-14-13-26-39(40)41-29-17-31-47-50(41)57-51-48(56-47)33-32-44-49(51)42-28-15-16-30-43(42)53(44,37-22-9-3-10-23-37)38-24-11-4-12-25-38/h1-34H. The zero-order chi connectivity index (χ0) is 37.8. The quantitative estimate of drug-likeness (QED) is 0.171. The zero-order valence-electron chi connectivity index (χ0n) is 30.8. The maximum absolute atomic E-state index is 7.25. The SMILES string of the molecule is c1ccc(-c2cc(-c3ccccc3-c3cccc4c3Oc3c(ccc5c3-c3ccccc3C5(c3ccccc3)c3ccccc3)O4)nc(-c3ccccc3)n2)cc1. The second-order valence-corrected chi connectivity index (χ2v) is 14.4. The van der Waals surface area contributed by atoms with Gasteiger partial charge in [-0.1, -0.05) is 188 Å². The Bertz CT molecular complexity index is 2850. The van der Waals surface area contributed by atoms with Gasteiger partial charge in [-0.2, -0.15) is 0 Å². The molecule has 0 saturated carbocycles. The number of hydrogen-bond donors (Lipinski definition) is 0. The van der Waals surface area contributed by atoms with E-state index in [4.69, 9.17) is 19.4 Å². The van der Waals surface area contributed by atoms with E-state index in [0.29, 0.717) is 28.8 Å². The van der Waals surface area contributed by atoms with Gasteiger partial charge in [0.1, 0.15) is 0 Å². The Balaban J connectivity index is 1.10. The van der Waals surface area contributed by atoms with E-state index in [1.54, 1.807) is 0 Å². The minimum atomic E-state index is -0.556. The molecule has 0 amide bonds. The van der Waals surface area contributed by atoms with Crippen molar-refractivity contribution in [3.8, 4) is 79.2 Å². The Morgan fingerprint density at radius 1 is 0.351 bits per heavy atom. The van der Waals surface area contributed by atoms with Gasteiger partial charge >= 0.3 is 0 Å². The molecule has 0 bridgehead atoms. The minimum absolute atomic E-state index is 0.556. The average Bonchev–Trinajstić information content (AvgIpc) is 3.60. The first-order chi connectivity index (χ1) is 28.3. The Morgan fingerprint density at radius 2 is 0.895 bits per heavy atom. The van der Waals surface area contributed by atoms with E-state index in [-0.39, 0.29) is 0 Å². The summed E-state index contributed by atoms with van der Waals surface area (Å²) in [5.41, 5.74) is 12.9. The zero-order valence-corrected chi connectivity index (χ0v) is 30.8. The molecule has 57 heavy (non-hydrogen) atoms. The van der Waals surface area contributed by atoms with E-state index in [2.05, 4.69) is 158 Å².